The lowest BCUT2D eigenvalue weighted by Gasteiger charge is -2.26. The summed E-state index contributed by atoms with van der Waals surface area (Å²) in [5.74, 6) is -1.60. The van der Waals surface area contributed by atoms with Crippen LogP contribution in [0.2, 0.25) is 5.02 Å². The van der Waals surface area contributed by atoms with Crippen LogP contribution >= 0.6 is 11.6 Å². The summed E-state index contributed by atoms with van der Waals surface area (Å²) >= 11 is 6.11. The second-order valence-corrected chi connectivity index (χ2v) is 13.1. The highest BCUT2D eigenvalue weighted by Gasteiger charge is 2.28. The molecule has 37 heavy (non-hydrogen) atoms. The number of hydrogen-bond donors (Lipinski definition) is 1. The molecule has 4 rings (SSSR count). The molecule has 0 aliphatic carbocycles. The van der Waals surface area contributed by atoms with E-state index in [1.165, 1.54) is 45.0 Å². The number of nitrogens with zero attached hydrogens (tertiary/aromatic N) is 2. The molecule has 0 spiro atoms. The van der Waals surface area contributed by atoms with Crippen LogP contribution in [-0.4, -0.2) is 70.1 Å². The van der Waals surface area contributed by atoms with Crippen LogP contribution in [0.25, 0.3) is 0 Å². The van der Waals surface area contributed by atoms with Crippen molar-refractivity contribution in [3.05, 3.63) is 53.1 Å². The Kier molecular flexibility index (Phi) is 8.54. The molecule has 1 amide bonds. The zero-order valence-corrected chi connectivity index (χ0v) is 22.4. The lowest BCUT2D eigenvalue weighted by Crippen LogP contribution is -2.35. The van der Waals surface area contributed by atoms with Crippen molar-refractivity contribution in [3.63, 3.8) is 0 Å². The van der Waals surface area contributed by atoms with E-state index in [0.717, 1.165) is 38.2 Å². The number of hydrogen-bond acceptors (Lipinski definition) is 7. The van der Waals surface area contributed by atoms with Crippen LogP contribution in [0.15, 0.2) is 52.3 Å². The number of rotatable bonds is 8. The smallest absolute Gasteiger partial charge is 0.340 e. The van der Waals surface area contributed by atoms with Gasteiger partial charge in [-0.25, -0.2) is 21.6 Å². The van der Waals surface area contributed by atoms with E-state index in [1.54, 1.807) is 0 Å². The molecule has 0 saturated carbocycles. The van der Waals surface area contributed by atoms with Crippen molar-refractivity contribution >= 4 is 49.2 Å². The lowest BCUT2D eigenvalue weighted by molar-refractivity contribution is -0.119. The zero-order chi connectivity index (χ0) is 26.6. The highest BCUT2D eigenvalue weighted by molar-refractivity contribution is 7.89. The van der Waals surface area contributed by atoms with Gasteiger partial charge in [-0.05, 0) is 68.1 Å². The number of nitrogens with one attached hydrogen (secondary N) is 1. The minimum absolute atomic E-state index is 0.00203. The van der Waals surface area contributed by atoms with Gasteiger partial charge in [0.15, 0.2) is 6.61 Å². The van der Waals surface area contributed by atoms with E-state index in [4.69, 9.17) is 16.3 Å². The fourth-order valence-electron chi connectivity index (χ4n) is 4.27. The van der Waals surface area contributed by atoms with Crippen LogP contribution in [0.1, 0.15) is 42.5 Å². The summed E-state index contributed by atoms with van der Waals surface area (Å²) in [4.78, 5) is 25.0. The number of piperidine rings is 1. The van der Waals surface area contributed by atoms with Crippen molar-refractivity contribution < 1.29 is 31.2 Å². The van der Waals surface area contributed by atoms with Crippen LogP contribution in [0.3, 0.4) is 0 Å². The van der Waals surface area contributed by atoms with Crippen LogP contribution in [-0.2, 0) is 29.6 Å². The van der Waals surface area contributed by atoms with Gasteiger partial charge < -0.3 is 10.1 Å². The molecule has 13 heteroatoms. The van der Waals surface area contributed by atoms with Crippen molar-refractivity contribution in [2.45, 2.75) is 41.9 Å². The molecule has 0 radical (unpaired) electrons. The molecular formula is C24H28ClN3O7S2. The molecule has 0 unspecified atom stereocenters. The highest BCUT2D eigenvalue weighted by Crippen LogP contribution is 2.26. The summed E-state index contributed by atoms with van der Waals surface area (Å²) in [5, 5.41) is 2.53. The van der Waals surface area contributed by atoms with E-state index in [-0.39, 0.29) is 20.4 Å². The van der Waals surface area contributed by atoms with Gasteiger partial charge in [0.2, 0.25) is 20.0 Å². The topological polar surface area (TPSA) is 130 Å². The summed E-state index contributed by atoms with van der Waals surface area (Å²) in [6, 6.07) is 9.53. The van der Waals surface area contributed by atoms with Gasteiger partial charge in [-0.2, -0.15) is 8.61 Å². The highest BCUT2D eigenvalue weighted by atomic mass is 35.5. The van der Waals surface area contributed by atoms with Crippen molar-refractivity contribution in [2.75, 3.05) is 38.1 Å². The van der Waals surface area contributed by atoms with E-state index in [9.17, 15) is 26.4 Å². The predicted octanol–water partition coefficient (Wildman–Crippen LogP) is 3.09. The average Bonchev–Trinajstić information content (AvgIpc) is 3.44. The average molecular weight is 570 g/mol. The first kappa shape index (κ1) is 27.5. The summed E-state index contributed by atoms with van der Waals surface area (Å²) in [6.07, 6.45) is 4.17. The van der Waals surface area contributed by atoms with Gasteiger partial charge in [-0.1, -0.05) is 18.0 Å². The molecule has 0 atom stereocenters. The molecule has 0 bridgehead atoms. The second kappa shape index (κ2) is 11.5. The number of sulfonamides is 2. The Balaban J connectivity index is 1.36. The quantitative estimate of drug-likeness (QED) is 0.483. The number of esters is 1. The van der Waals surface area contributed by atoms with Crippen molar-refractivity contribution in [1.82, 2.24) is 8.61 Å². The third-order valence-electron chi connectivity index (χ3n) is 6.29. The largest absolute Gasteiger partial charge is 0.452 e. The van der Waals surface area contributed by atoms with Crippen LogP contribution in [0, 0.1) is 0 Å². The maximum absolute atomic E-state index is 12.9. The van der Waals surface area contributed by atoms with Crippen LogP contribution < -0.4 is 5.32 Å². The summed E-state index contributed by atoms with van der Waals surface area (Å²) in [7, 11) is -7.35. The minimum Gasteiger partial charge on any atom is -0.452 e. The minimum atomic E-state index is -3.78. The Morgan fingerprint density at radius 1 is 0.784 bits per heavy atom. The molecule has 2 aromatic rings. The first-order valence-electron chi connectivity index (χ1n) is 12.0. The zero-order valence-electron chi connectivity index (χ0n) is 20.1. The lowest BCUT2D eigenvalue weighted by atomic mass is 10.2. The van der Waals surface area contributed by atoms with Crippen molar-refractivity contribution in [1.29, 1.82) is 0 Å². The van der Waals surface area contributed by atoms with E-state index < -0.39 is 38.5 Å². The number of amides is 1. The Hall–Kier alpha value is -2.51. The van der Waals surface area contributed by atoms with Crippen molar-refractivity contribution in [3.8, 4) is 0 Å². The Bertz CT molecular complexity index is 1370. The molecule has 2 aliphatic rings. The van der Waals surface area contributed by atoms with Gasteiger partial charge in [0.1, 0.15) is 0 Å². The molecule has 2 fully saturated rings. The first-order valence-corrected chi connectivity index (χ1v) is 15.2. The molecule has 10 nitrogen and oxygen atoms in total. The first-order chi connectivity index (χ1) is 17.6. The van der Waals surface area contributed by atoms with Gasteiger partial charge in [0.05, 0.1) is 20.4 Å². The monoisotopic (exact) mass is 569 g/mol. The van der Waals surface area contributed by atoms with Gasteiger partial charge in [0.25, 0.3) is 5.91 Å². The van der Waals surface area contributed by atoms with Gasteiger partial charge in [-0.15, -0.1) is 0 Å². The maximum atomic E-state index is 12.9. The van der Waals surface area contributed by atoms with Gasteiger partial charge >= 0.3 is 5.97 Å². The van der Waals surface area contributed by atoms with Gasteiger partial charge in [0, 0.05) is 31.9 Å². The maximum Gasteiger partial charge on any atom is 0.340 e. The third kappa shape index (κ3) is 6.32. The van der Waals surface area contributed by atoms with E-state index >= 15 is 0 Å². The Labute approximate surface area is 221 Å². The fourth-order valence-corrected chi connectivity index (χ4v) is 7.52. The number of anilines is 1. The predicted molar refractivity (Wildman–Crippen MR) is 137 cm³/mol. The third-order valence-corrected chi connectivity index (χ3v) is 10.4. The Morgan fingerprint density at radius 3 is 1.89 bits per heavy atom. The molecule has 2 aliphatic heterocycles. The number of carbonyl (C=O) groups is 2. The number of benzene rings is 2. The number of carbonyl (C=O) groups excluding carboxylic acids is 2. The number of ether oxygens (including phenoxy) is 1. The molecule has 2 saturated heterocycles. The summed E-state index contributed by atoms with van der Waals surface area (Å²) in [5.41, 5.74) is 0.165. The van der Waals surface area contributed by atoms with Crippen molar-refractivity contribution in [2.24, 2.45) is 0 Å². The summed E-state index contributed by atoms with van der Waals surface area (Å²) < 4.78 is 58.9. The van der Waals surface area contributed by atoms with E-state index in [0.29, 0.717) is 31.9 Å². The SMILES string of the molecule is O=C(COC(=O)c1cc(S(=O)(=O)N2CCCCC2)ccc1Cl)Nc1ccc(S(=O)(=O)N2CCCC2)cc1. The number of halogens is 1. The standard InChI is InChI=1S/C24H28ClN3O7S2/c25-22-11-10-20(37(33,34)28-12-2-1-3-13-28)16-21(22)24(30)35-17-23(29)26-18-6-8-19(9-7-18)36(31,32)27-14-4-5-15-27/h6-11,16H,1-5,12-15,17H2,(H,26,29). The van der Waals surface area contributed by atoms with E-state index in [1.807, 2.05) is 0 Å². The second-order valence-electron chi connectivity index (χ2n) is 8.87. The molecule has 1 N–H and O–H groups in total. The molecular weight excluding hydrogens is 542 g/mol. The van der Waals surface area contributed by atoms with Crippen LogP contribution in [0.5, 0.6) is 0 Å². The Morgan fingerprint density at radius 2 is 1.30 bits per heavy atom. The van der Waals surface area contributed by atoms with Gasteiger partial charge in [-0.3, -0.25) is 4.79 Å². The van der Waals surface area contributed by atoms with E-state index in [2.05, 4.69) is 5.32 Å². The summed E-state index contributed by atoms with van der Waals surface area (Å²) in [6.45, 7) is 1.16. The molecule has 0 aromatic heterocycles. The fraction of sp³-hybridized carbons (Fsp3) is 0.417. The van der Waals surface area contributed by atoms with Crippen LogP contribution in [0.4, 0.5) is 5.69 Å². The molecule has 2 heterocycles. The molecule has 2 aromatic carbocycles. The molecule has 200 valence electrons. The normalized spacial score (nSPS) is 17.4.